The van der Waals surface area contributed by atoms with Crippen LogP contribution in [0.25, 0.3) is 0 Å². The number of hydrogen-bond acceptors (Lipinski definition) is 3. The molecule has 3 nitrogen and oxygen atoms in total. The van der Waals surface area contributed by atoms with Crippen LogP contribution in [0.3, 0.4) is 0 Å². The maximum atomic E-state index is 6.89. The summed E-state index contributed by atoms with van der Waals surface area (Å²) in [6, 6.07) is 3.45. The Morgan fingerprint density at radius 1 is 1.12 bits per heavy atom. The van der Waals surface area contributed by atoms with Crippen LogP contribution in [-0.4, -0.2) is 9.97 Å². The minimum atomic E-state index is 0.0509. The molecule has 0 bridgehead atoms. The Kier molecular flexibility index (Phi) is 1.32. The van der Waals surface area contributed by atoms with E-state index in [-0.39, 0.29) is 5.62 Å². The molecule has 0 aromatic carbocycles. The number of nitrogens with zero attached hydrogens (tertiary/aromatic N) is 2. The van der Waals surface area contributed by atoms with Crippen molar-refractivity contribution in [3.63, 3.8) is 0 Å². The second kappa shape index (κ2) is 2.16. The van der Waals surface area contributed by atoms with E-state index in [1.165, 1.54) is 12.4 Å². The van der Waals surface area contributed by atoms with E-state index in [0.717, 1.165) is 0 Å². The van der Waals surface area contributed by atoms with Gasteiger partial charge in [0.25, 0.3) is 0 Å². The summed E-state index contributed by atoms with van der Waals surface area (Å²) >= 11 is 0. The fourth-order valence-corrected chi connectivity index (χ4v) is 0.360. The monoisotopic (exact) mass is 107 g/mol. The van der Waals surface area contributed by atoms with Crippen molar-refractivity contribution in [2.45, 2.75) is 0 Å². The van der Waals surface area contributed by atoms with E-state index in [9.17, 15) is 0 Å². The van der Waals surface area contributed by atoms with Crippen molar-refractivity contribution in [1.82, 2.24) is 9.97 Å². The van der Waals surface area contributed by atoms with Crippen LogP contribution in [0.4, 0.5) is 0 Å². The Balaban J connectivity index is 3.32. The lowest BCUT2D eigenvalue weighted by atomic mass is 10.6. The molecule has 1 aromatic rings. The SMILES string of the molecule is N=c1nccccn1. The molecule has 0 aliphatic heterocycles. The van der Waals surface area contributed by atoms with Crippen molar-refractivity contribution in [2.75, 3.05) is 0 Å². The average Bonchev–Trinajstić information content (AvgIpc) is 1.94. The molecule has 0 saturated carbocycles. The highest BCUT2D eigenvalue weighted by molar-refractivity contribution is 4.80. The molecule has 1 N–H and O–H groups in total. The van der Waals surface area contributed by atoms with E-state index in [0.29, 0.717) is 0 Å². The van der Waals surface area contributed by atoms with E-state index >= 15 is 0 Å². The molecule has 0 aliphatic carbocycles. The van der Waals surface area contributed by atoms with E-state index in [1.54, 1.807) is 12.1 Å². The molecule has 3 heteroatoms. The minimum Gasteiger partial charge on any atom is -0.266 e. The molecule has 0 saturated heterocycles. The van der Waals surface area contributed by atoms with Gasteiger partial charge in [-0.2, -0.15) is 0 Å². The van der Waals surface area contributed by atoms with Crippen LogP contribution in [0.5, 0.6) is 0 Å². The first-order valence-electron chi connectivity index (χ1n) is 2.21. The minimum absolute atomic E-state index is 0.0509. The van der Waals surface area contributed by atoms with Crippen LogP contribution < -0.4 is 5.62 Å². The number of aromatic nitrogens is 2. The maximum Gasteiger partial charge on any atom is 0.241 e. The van der Waals surface area contributed by atoms with Crippen molar-refractivity contribution < 1.29 is 0 Å². The van der Waals surface area contributed by atoms with Crippen molar-refractivity contribution in [1.29, 1.82) is 5.41 Å². The molecule has 0 atom stereocenters. The molecular formula is C5H5N3. The standard InChI is InChI=1S/C5H5N3/c6-5-7-3-1-2-4-8-5/h1-4,6H. The van der Waals surface area contributed by atoms with E-state index in [1.807, 2.05) is 0 Å². The van der Waals surface area contributed by atoms with Crippen LogP contribution in [0, 0.1) is 5.41 Å². The van der Waals surface area contributed by atoms with Gasteiger partial charge in [-0.15, -0.1) is 0 Å². The Hall–Kier alpha value is -1.25. The van der Waals surface area contributed by atoms with Crippen molar-refractivity contribution >= 4 is 0 Å². The van der Waals surface area contributed by atoms with Crippen molar-refractivity contribution in [2.24, 2.45) is 0 Å². The van der Waals surface area contributed by atoms with Crippen LogP contribution in [0.2, 0.25) is 0 Å². The van der Waals surface area contributed by atoms with Crippen LogP contribution in [-0.2, 0) is 0 Å². The van der Waals surface area contributed by atoms with Gasteiger partial charge in [-0.25, -0.2) is 9.97 Å². The van der Waals surface area contributed by atoms with Gasteiger partial charge in [-0.05, 0) is 12.1 Å². The Bertz CT molecular complexity index is 198. The fourth-order valence-electron chi connectivity index (χ4n) is 0.360. The molecule has 1 rings (SSSR count). The summed E-state index contributed by atoms with van der Waals surface area (Å²) in [5.74, 6) is 0. The fraction of sp³-hybridized carbons (Fsp3) is 0. The molecule has 1 aromatic heterocycles. The van der Waals surface area contributed by atoms with Gasteiger partial charge in [0, 0.05) is 12.4 Å². The predicted octanol–water partition coefficient (Wildman–Crippen LogP) is -0.0439. The summed E-state index contributed by atoms with van der Waals surface area (Å²) in [5.41, 5.74) is 0.0509. The first kappa shape index (κ1) is 4.90. The summed E-state index contributed by atoms with van der Waals surface area (Å²) in [6.07, 6.45) is 3.07. The highest BCUT2D eigenvalue weighted by Crippen LogP contribution is 1.65. The van der Waals surface area contributed by atoms with Crippen molar-refractivity contribution in [3.8, 4) is 0 Å². The molecule has 8 heavy (non-hydrogen) atoms. The smallest absolute Gasteiger partial charge is 0.241 e. The second-order valence-corrected chi connectivity index (χ2v) is 1.26. The van der Waals surface area contributed by atoms with Gasteiger partial charge in [-0.1, -0.05) is 0 Å². The summed E-state index contributed by atoms with van der Waals surface area (Å²) in [6.45, 7) is 0. The third kappa shape index (κ3) is 1.11. The topological polar surface area (TPSA) is 49.6 Å². The molecule has 0 spiro atoms. The largest absolute Gasteiger partial charge is 0.266 e. The van der Waals surface area contributed by atoms with Crippen LogP contribution in [0.1, 0.15) is 0 Å². The van der Waals surface area contributed by atoms with E-state index in [4.69, 9.17) is 5.41 Å². The zero-order chi connectivity index (χ0) is 5.82. The molecule has 0 amide bonds. The Morgan fingerprint density at radius 2 is 1.62 bits per heavy atom. The summed E-state index contributed by atoms with van der Waals surface area (Å²) in [5, 5.41) is 6.89. The number of rotatable bonds is 0. The predicted molar refractivity (Wildman–Crippen MR) is 27.9 cm³/mol. The molecule has 1 heterocycles. The lowest BCUT2D eigenvalue weighted by Crippen LogP contribution is -2.03. The molecule has 0 radical (unpaired) electrons. The third-order valence-electron chi connectivity index (χ3n) is 0.677. The molecule has 0 unspecified atom stereocenters. The third-order valence-corrected chi connectivity index (χ3v) is 0.677. The number of nitrogens with one attached hydrogen (secondary N) is 1. The molecular weight excluding hydrogens is 102 g/mol. The quantitative estimate of drug-likeness (QED) is 0.505. The van der Waals surface area contributed by atoms with Crippen LogP contribution >= 0.6 is 0 Å². The molecule has 0 fully saturated rings. The van der Waals surface area contributed by atoms with Gasteiger partial charge in [0.1, 0.15) is 0 Å². The lowest BCUT2D eigenvalue weighted by molar-refractivity contribution is 0.995. The lowest BCUT2D eigenvalue weighted by Gasteiger charge is -1.61. The summed E-state index contributed by atoms with van der Waals surface area (Å²) < 4.78 is 0. The van der Waals surface area contributed by atoms with Crippen molar-refractivity contribution in [3.05, 3.63) is 30.1 Å². The summed E-state index contributed by atoms with van der Waals surface area (Å²) in [7, 11) is 0. The van der Waals surface area contributed by atoms with Crippen LogP contribution in [0.15, 0.2) is 24.5 Å². The maximum absolute atomic E-state index is 6.89. The first-order valence-corrected chi connectivity index (χ1v) is 2.21. The Morgan fingerprint density at radius 3 is 2.12 bits per heavy atom. The zero-order valence-corrected chi connectivity index (χ0v) is 4.20. The van der Waals surface area contributed by atoms with Gasteiger partial charge >= 0.3 is 0 Å². The van der Waals surface area contributed by atoms with Gasteiger partial charge in [-0.3, -0.25) is 5.41 Å². The molecule has 0 aliphatic rings. The first-order chi connectivity index (χ1) is 3.89. The highest BCUT2D eigenvalue weighted by Gasteiger charge is 1.67. The second-order valence-electron chi connectivity index (χ2n) is 1.26. The average molecular weight is 107 g/mol. The van der Waals surface area contributed by atoms with E-state index < -0.39 is 0 Å². The van der Waals surface area contributed by atoms with Gasteiger partial charge in [0.15, 0.2) is 0 Å². The van der Waals surface area contributed by atoms with Gasteiger partial charge in [0.05, 0.1) is 0 Å². The van der Waals surface area contributed by atoms with E-state index in [2.05, 4.69) is 9.97 Å². The highest BCUT2D eigenvalue weighted by atomic mass is 14.9. The Labute approximate surface area is 46.6 Å². The molecule has 40 valence electrons. The zero-order valence-electron chi connectivity index (χ0n) is 4.20. The van der Waals surface area contributed by atoms with Gasteiger partial charge in [0.2, 0.25) is 5.62 Å². The van der Waals surface area contributed by atoms with Gasteiger partial charge < -0.3 is 0 Å². The normalized spacial score (nSPS) is 8.50. The summed E-state index contributed by atoms with van der Waals surface area (Å²) in [4.78, 5) is 7.19. The number of hydrogen-bond donors (Lipinski definition) is 1.